The molecule has 0 aromatic carbocycles. The zero-order valence-electron chi connectivity index (χ0n) is 9.01. The molecule has 1 heterocycles. The topological polar surface area (TPSA) is 3.24 Å². The third-order valence-corrected chi connectivity index (χ3v) is 3.81. The van der Waals surface area contributed by atoms with E-state index in [4.69, 9.17) is 11.6 Å². The van der Waals surface area contributed by atoms with Gasteiger partial charge < -0.3 is 0 Å². The van der Waals surface area contributed by atoms with Gasteiger partial charge in [0.25, 0.3) is 0 Å². The van der Waals surface area contributed by atoms with Gasteiger partial charge in [-0.25, -0.2) is 0 Å². The Kier molecular flexibility index (Phi) is 6.89. The van der Waals surface area contributed by atoms with Crippen LogP contribution in [0.25, 0.3) is 0 Å². The molecule has 86 valence electrons. The normalized spacial score (nSPS) is 11.2. The zero-order valence-corrected chi connectivity index (χ0v) is 12.2. The summed E-state index contributed by atoms with van der Waals surface area (Å²) in [6.07, 6.45) is 2.52. The fraction of sp³-hybridized carbons (Fsp3) is 0.636. The van der Waals surface area contributed by atoms with Crippen LogP contribution in [0.3, 0.4) is 0 Å². The third kappa shape index (κ3) is 5.34. The molecular weight excluding hydrogens is 294 g/mol. The average molecular weight is 311 g/mol. The summed E-state index contributed by atoms with van der Waals surface area (Å²) in [6.45, 7) is 5.55. The molecule has 0 unspecified atom stereocenters. The van der Waals surface area contributed by atoms with Gasteiger partial charge in [0.1, 0.15) is 0 Å². The van der Waals surface area contributed by atoms with E-state index < -0.39 is 0 Å². The fourth-order valence-corrected chi connectivity index (χ4v) is 3.06. The van der Waals surface area contributed by atoms with Crippen LogP contribution >= 0.6 is 38.9 Å². The first-order valence-electron chi connectivity index (χ1n) is 5.28. The van der Waals surface area contributed by atoms with E-state index in [0.717, 1.165) is 22.8 Å². The van der Waals surface area contributed by atoms with Gasteiger partial charge >= 0.3 is 0 Å². The zero-order chi connectivity index (χ0) is 11.1. The minimum atomic E-state index is 0.888. The van der Waals surface area contributed by atoms with Crippen molar-refractivity contribution in [1.82, 2.24) is 4.90 Å². The van der Waals surface area contributed by atoms with E-state index in [-0.39, 0.29) is 0 Å². The molecule has 4 heteroatoms. The molecule has 0 radical (unpaired) electrons. The van der Waals surface area contributed by atoms with Gasteiger partial charge in [0.2, 0.25) is 0 Å². The molecule has 15 heavy (non-hydrogen) atoms. The molecule has 1 nitrogen and oxygen atoms in total. The van der Waals surface area contributed by atoms with Crippen molar-refractivity contribution >= 4 is 38.9 Å². The summed E-state index contributed by atoms with van der Waals surface area (Å²) in [5.41, 5.74) is 0. The lowest BCUT2D eigenvalue weighted by molar-refractivity contribution is 0.281. The molecule has 0 aliphatic rings. The number of halogens is 2. The highest BCUT2D eigenvalue weighted by Crippen LogP contribution is 2.22. The lowest BCUT2D eigenvalue weighted by Crippen LogP contribution is -2.25. The van der Waals surface area contributed by atoms with Crippen LogP contribution in [0.4, 0.5) is 0 Å². The Hall–Kier alpha value is 0.430. The first kappa shape index (κ1) is 13.5. The Morgan fingerprint density at radius 1 is 1.40 bits per heavy atom. The Bertz CT molecular complexity index is 277. The molecule has 1 aromatic rings. The van der Waals surface area contributed by atoms with Gasteiger partial charge in [-0.3, -0.25) is 4.90 Å². The number of alkyl halides is 1. The van der Waals surface area contributed by atoms with Crippen LogP contribution in [-0.4, -0.2) is 23.3 Å². The number of hydrogen-bond donors (Lipinski definition) is 0. The summed E-state index contributed by atoms with van der Waals surface area (Å²) in [7, 11) is 0. The van der Waals surface area contributed by atoms with E-state index in [2.05, 4.69) is 33.8 Å². The van der Waals surface area contributed by atoms with Crippen LogP contribution in [0, 0.1) is 0 Å². The van der Waals surface area contributed by atoms with Gasteiger partial charge in [0.15, 0.2) is 0 Å². The number of unbranched alkanes of at least 4 members (excludes halogenated alkanes) is 1. The van der Waals surface area contributed by atoms with Gasteiger partial charge in [-0.2, -0.15) is 0 Å². The molecule has 0 spiro atoms. The van der Waals surface area contributed by atoms with Gasteiger partial charge in [0, 0.05) is 23.3 Å². The lowest BCUT2D eigenvalue weighted by atomic mass is 10.3. The maximum Gasteiger partial charge on any atom is 0.0931 e. The van der Waals surface area contributed by atoms with Crippen LogP contribution in [0.1, 0.15) is 24.6 Å². The van der Waals surface area contributed by atoms with Crippen LogP contribution < -0.4 is 0 Å². The fourth-order valence-electron chi connectivity index (χ4n) is 1.43. The molecular formula is C11H17BrClNS. The first-order chi connectivity index (χ1) is 7.26. The summed E-state index contributed by atoms with van der Waals surface area (Å²) in [4.78, 5) is 3.83. The predicted molar refractivity (Wildman–Crippen MR) is 73.3 cm³/mol. The summed E-state index contributed by atoms with van der Waals surface area (Å²) in [6, 6.07) is 4.11. The molecule has 0 saturated carbocycles. The molecule has 0 atom stereocenters. The summed E-state index contributed by atoms with van der Waals surface area (Å²) < 4.78 is 0.888. The maximum absolute atomic E-state index is 5.92. The molecule has 0 aliphatic heterocycles. The highest BCUT2D eigenvalue weighted by atomic mass is 79.9. The van der Waals surface area contributed by atoms with Crippen molar-refractivity contribution in [2.24, 2.45) is 0 Å². The quantitative estimate of drug-likeness (QED) is 0.675. The SMILES string of the molecule is CCCCN(CCBr)Cc1ccc(Cl)s1. The molecule has 0 N–H and O–H groups in total. The number of rotatable bonds is 7. The molecule has 1 rings (SSSR count). The van der Waals surface area contributed by atoms with Crippen molar-refractivity contribution in [1.29, 1.82) is 0 Å². The van der Waals surface area contributed by atoms with Crippen molar-refractivity contribution < 1.29 is 0 Å². The van der Waals surface area contributed by atoms with Crippen molar-refractivity contribution in [3.63, 3.8) is 0 Å². The smallest absolute Gasteiger partial charge is 0.0931 e. The molecule has 0 amide bonds. The Morgan fingerprint density at radius 3 is 2.73 bits per heavy atom. The van der Waals surface area contributed by atoms with Crippen LogP contribution in [0.5, 0.6) is 0 Å². The molecule has 0 aliphatic carbocycles. The molecule has 1 aromatic heterocycles. The van der Waals surface area contributed by atoms with Crippen molar-refractivity contribution in [3.05, 3.63) is 21.3 Å². The maximum atomic E-state index is 5.92. The standard InChI is InChI=1S/C11H17BrClNS/c1-2-3-7-14(8-6-12)9-10-4-5-11(13)15-10/h4-5H,2-3,6-9H2,1H3. The minimum Gasteiger partial charge on any atom is -0.297 e. The van der Waals surface area contributed by atoms with Crippen molar-refractivity contribution in [3.8, 4) is 0 Å². The van der Waals surface area contributed by atoms with Crippen LogP contribution in [0.15, 0.2) is 12.1 Å². The largest absolute Gasteiger partial charge is 0.297 e. The summed E-state index contributed by atoms with van der Waals surface area (Å²) in [5, 5.41) is 1.04. The second-order valence-electron chi connectivity index (χ2n) is 3.52. The average Bonchev–Trinajstić information content (AvgIpc) is 2.61. The van der Waals surface area contributed by atoms with Crippen molar-refractivity contribution in [2.45, 2.75) is 26.3 Å². The van der Waals surface area contributed by atoms with Gasteiger partial charge in [-0.15, -0.1) is 11.3 Å². The Labute approximate surface area is 110 Å². The van der Waals surface area contributed by atoms with Gasteiger partial charge in [-0.05, 0) is 25.1 Å². The van der Waals surface area contributed by atoms with E-state index in [9.17, 15) is 0 Å². The minimum absolute atomic E-state index is 0.888. The number of nitrogens with zero attached hydrogens (tertiary/aromatic N) is 1. The van der Waals surface area contributed by atoms with Gasteiger partial charge in [-0.1, -0.05) is 40.9 Å². The Balaban J connectivity index is 2.42. The molecule has 0 bridgehead atoms. The van der Waals surface area contributed by atoms with Crippen molar-refractivity contribution in [2.75, 3.05) is 18.4 Å². The van der Waals surface area contributed by atoms with E-state index in [1.54, 1.807) is 11.3 Å². The second kappa shape index (κ2) is 7.66. The predicted octanol–water partition coefficient (Wildman–Crippen LogP) is 4.40. The number of hydrogen-bond acceptors (Lipinski definition) is 2. The number of thiophene rings is 1. The molecule has 0 fully saturated rings. The lowest BCUT2D eigenvalue weighted by Gasteiger charge is -2.19. The molecule has 0 saturated heterocycles. The van der Waals surface area contributed by atoms with Crippen LogP contribution in [-0.2, 0) is 6.54 Å². The summed E-state index contributed by atoms with van der Waals surface area (Å²) >= 11 is 11.1. The van der Waals surface area contributed by atoms with E-state index in [0.29, 0.717) is 0 Å². The monoisotopic (exact) mass is 309 g/mol. The van der Waals surface area contributed by atoms with Crippen LogP contribution in [0.2, 0.25) is 4.34 Å². The van der Waals surface area contributed by atoms with E-state index >= 15 is 0 Å². The van der Waals surface area contributed by atoms with E-state index in [1.807, 2.05) is 6.07 Å². The third-order valence-electron chi connectivity index (χ3n) is 2.24. The summed E-state index contributed by atoms with van der Waals surface area (Å²) in [5.74, 6) is 0. The van der Waals surface area contributed by atoms with E-state index in [1.165, 1.54) is 24.3 Å². The van der Waals surface area contributed by atoms with Gasteiger partial charge in [0.05, 0.1) is 4.34 Å². The first-order valence-corrected chi connectivity index (χ1v) is 7.60. The second-order valence-corrected chi connectivity index (χ2v) is 6.12. The Morgan fingerprint density at radius 2 is 2.20 bits per heavy atom. The highest BCUT2D eigenvalue weighted by Gasteiger charge is 2.06. The highest BCUT2D eigenvalue weighted by molar-refractivity contribution is 9.09.